The number of hydrogen-bond donors (Lipinski definition) is 1. The lowest BCUT2D eigenvalue weighted by Gasteiger charge is -2.35. The number of hydrogen-bond acceptors (Lipinski definition) is 7. The van der Waals surface area contributed by atoms with Gasteiger partial charge in [-0.3, -0.25) is 4.55 Å². The predicted molar refractivity (Wildman–Crippen MR) is 102 cm³/mol. The zero-order chi connectivity index (χ0) is 19.6. The average molecular weight is 390 g/mol. The molecule has 27 heavy (non-hydrogen) atoms. The molecule has 1 N–H and O–H groups in total. The van der Waals surface area contributed by atoms with Crippen molar-refractivity contribution in [1.29, 1.82) is 0 Å². The molecule has 2 aromatic rings. The third-order valence-electron chi connectivity index (χ3n) is 4.44. The van der Waals surface area contributed by atoms with Crippen LogP contribution < -0.4 is 9.64 Å². The van der Waals surface area contributed by atoms with Crippen molar-refractivity contribution >= 4 is 27.3 Å². The molecule has 0 fully saturated rings. The highest BCUT2D eigenvalue weighted by Gasteiger charge is 2.25. The first-order valence-corrected chi connectivity index (χ1v) is 10.1. The summed E-state index contributed by atoms with van der Waals surface area (Å²) in [6, 6.07) is 6.74. The van der Waals surface area contributed by atoms with Gasteiger partial charge in [0.05, 0.1) is 7.11 Å². The molecule has 0 unspecified atom stereocenters. The van der Waals surface area contributed by atoms with Crippen molar-refractivity contribution < 1.29 is 17.7 Å². The van der Waals surface area contributed by atoms with Crippen LogP contribution in [0.5, 0.6) is 5.75 Å². The molecule has 3 rings (SSSR count). The summed E-state index contributed by atoms with van der Waals surface area (Å²) < 4.78 is 38.8. The number of pyridine rings is 1. The molecule has 8 nitrogen and oxygen atoms in total. The molecular formula is C18H22N4O4S. The number of ether oxygens (including phenoxy) is 1. The van der Waals surface area contributed by atoms with E-state index >= 15 is 0 Å². The summed E-state index contributed by atoms with van der Waals surface area (Å²) in [5.74, 6) is 0.640. The number of benzene rings is 1. The van der Waals surface area contributed by atoms with Crippen molar-refractivity contribution in [3.8, 4) is 5.75 Å². The maximum Gasteiger partial charge on any atom is 0.296 e. The Balaban J connectivity index is 2.11. The molecule has 0 atom stereocenters. The molecule has 0 amide bonds. The monoisotopic (exact) mass is 390 g/mol. The molecule has 0 saturated heterocycles. The fraction of sp³-hybridized carbons (Fsp3) is 0.389. The molecule has 9 heteroatoms. The van der Waals surface area contributed by atoms with Crippen molar-refractivity contribution in [2.45, 2.75) is 37.6 Å². The Morgan fingerprint density at radius 1 is 1.30 bits per heavy atom. The third kappa shape index (κ3) is 4.09. The summed E-state index contributed by atoms with van der Waals surface area (Å²) in [7, 11) is -2.98. The van der Waals surface area contributed by atoms with E-state index in [0.29, 0.717) is 5.75 Å². The number of aryl methyl sites for hydroxylation is 1. The Morgan fingerprint density at radius 2 is 2.07 bits per heavy atom. The van der Waals surface area contributed by atoms with Gasteiger partial charge in [0.2, 0.25) is 5.82 Å². The first kappa shape index (κ1) is 19.2. The molecule has 0 saturated carbocycles. The summed E-state index contributed by atoms with van der Waals surface area (Å²) in [4.78, 5) is 5.92. The van der Waals surface area contributed by atoms with E-state index < -0.39 is 10.1 Å². The summed E-state index contributed by atoms with van der Waals surface area (Å²) in [6.07, 6.45) is 3.30. The Labute approximate surface area is 158 Å². The van der Waals surface area contributed by atoms with E-state index in [1.807, 2.05) is 13.8 Å². The van der Waals surface area contributed by atoms with Crippen molar-refractivity contribution in [3.05, 3.63) is 36.0 Å². The number of methoxy groups -OCH3 is 1. The highest BCUT2D eigenvalue weighted by Crippen LogP contribution is 2.38. The van der Waals surface area contributed by atoms with Gasteiger partial charge >= 0.3 is 0 Å². The highest BCUT2D eigenvalue weighted by atomic mass is 32.2. The van der Waals surface area contributed by atoms with Gasteiger partial charge < -0.3 is 9.64 Å². The van der Waals surface area contributed by atoms with Gasteiger partial charge in [-0.15, -0.1) is 10.2 Å². The number of nitrogens with zero attached hydrogens (tertiary/aromatic N) is 4. The summed E-state index contributed by atoms with van der Waals surface area (Å²) in [5.41, 5.74) is 1.86. The number of rotatable bonds is 5. The molecule has 0 radical (unpaired) electrons. The summed E-state index contributed by atoms with van der Waals surface area (Å²) in [6.45, 7) is 4.92. The molecule has 1 aliphatic heterocycles. The minimum absolute atomic E-state index is 0.0783. The second-order valence-electron chi connectivity index (χ2n) is 6.54. The fourth-order valence-corrected chi connectivity index (χ4v) is 3.79. The molecule has 0 spiro atoms. The van der Waals surface area contributed by atoms with Crippen LogP contribution in [-0.4, -0.2) is 37.7 Å². The van der Waals surface area contributed by atoms with Crippen LogP contribution in [0.3, 0.4) is 0 Å². The summed E-state index contributed by atoms with van der Waals surface area (Å²) >= 11 is 0. The van der Waals surface area contributed by atoms with Crippen LogP contribution in [0.4, 0.5) is 17.2 Å². The number of aromatic nitrogens is 1. The van der Waals surface area contributed by atoms with Crippen molar-refractivity contribution in [2.75, 3.05) is 18.6 Å². The van der Waals surface area contributed by atoms with Crippen molar-refractivity contribution in [2.24, 2.45) is 10.2 Å². The maximum absolute atomic E-state index is 11.9. The zero-order valence-electron chi connectivity index (χ0n) is 15.5. The van der Waals surface area contributed by atoms with Crippen molar-refractivity contribution in [1.82, 2.24) is 4.98 Å². The van der Waals surface area contributed by atoms with E-state index in [2.05, 4.69) is 20.1 Å². The second-order valence-corrected chi connectivity index (χ2v) is 7.93. The second kappa shape index (κ2) is 7.61. The largest absolute Gasteiger partial charge is 0.493 e. The SMILES string of the molecule is COc1cccnc1N=Nc1cc2c(cc1S(=O)(=O)O)N(C(C)C)CCC2. The van der Waals surface area contributed by atoms with E-state index in [0.717, 1.165) is 30.6 Å². The van der Waals surface area contributed by atoms with E-state index in [9.17, 15) is 13.0 Å². The molecule has 144 valence electrons. The lowest BCUT2D eigenvalue weighted by molar-refractivity contribution is 0.414. The molecule has 1 aliphatic rings. The van der Waals surface area contributed by atoms with Gasteiger partial charge in [0.1, 0.15) is 10.6 Å². The lowest BCUT2D eigenvalue weighted by atomic mass is 10.00. The van der Waals surface area contributed by atoms with Crippen molar-refractivity contribution in [3.63, 3.8) is 0 Å². The van der Waals surface area contributed by atoms with E-state index in [-0.39, 0.29) is 22.4 Å². The van der Waals surface area contributed by atoms with E-state index in [1.165, 1.54) is 19.4 Å². The van der Waals surface area contributed by atoms with Gasteiger partial charge in [-0.05, 0) is 56.5 Å². The average Bonchev–Trinajstić information content (AvgIpc) is 2.64. The van der Waals surface area contributed by atoms with Crippen LogP contribution in [0.1, 0.15) is 25.8 Å². The molecule has 2 heterocycles. The number of azo groups is 1. The van der Waals surface area contributed by atoms with Gasteiger partial charge in [-0.25, -0.2) is 4.98 Å². The van der Waals surface area contributed by atoms with Crippen LogP contribution in [0.15, 0.2) is 45.6 Å². The topological polar surface area (TPSA) is 104 Å². The Kier molecular flexibility index (Phi) is 5.43. The van der Waals surface area contributed by atoms with Crippen LogP contribution in [0.25, 0.3) is 0 Å². The Morgan fingerprint density at radius 3 is 2.74 bits per heavy atom. The molecule has 1 aromatic carbocycles. The van der Waals surface area contributed by atoms with Gasteiger partial charge in [0.25, 0.3) is 10.1 Å². The van der Waals surface area contributed by atoms with E-state index in [4.69, 9.17) is 4.74 Å². The van der Waals surface area contributed by atoms with Gasteiger partial charge in [-0.1, -0.05) is 0 Å². The normalized spacial score (nSPS) is 14.6. The Bertz CT molecular complexity index is 973. The van der Waals surface area contributed by atoms with Gasteiger partial charge in [-0.2, -0.15) is 8.42 Å². The first-order valence-electron chi connectivity index (χ1n) is 8.63. The van der Waals surface area contributed by atoms with E-state index in [1.54, 1.807) is 18.2 Å². The molecular weight excluding hydrogens is 368 g/mol. The number of anilines is 1. The van der Waals surface area contributed by atoms with Crippen LogP contribution >= 0.6 is 0 Å². The van der Waals surface area contributed by atoms with Crippen LogP contribution in [0, 0.1) is 0 Å². The zero-order valence-corrected chi connectivity index (χ0v) is 16.3. The lowest BCUT2D eigenvalue weighted by Crippen LogP contribution is -2.35. The molecule has 0 bridgehead atoms. The minimum atomic E-state index is -4.47. The predicted octanol–water partition coefficient (Wildman–Crippen LogP) is 3.91. The fourth-order valence-electron chi connectivity index (χ4n) is 3.17. The van der Waals surface area contributed by atoms with Crippen LogP contribution in [-0.2, 0) is 16.5 Å². The highest BCUT2D eigenvalue weighted by molar-refractivity contribution is 7.86. The number of fused-ring (bicyclic) bond motifs is 1. The third-order valence-corrected chi connectivity index (χ3v) is 5.32. The maximum atomic E-state index is 11.9. The summed E-state index contributed by atoms with van der Waals surface area (Å²) in [5, 5.41) is 8.08. The molecule has 0 aliphatic carbocycles. The van der Waals surface area contributed by atoms with Crippen LogP contribution in [0.2, 0.25) is 0 Å². The smallest absolute Gasteiger partial charge is 0.296 e. The van der Waals surface area contributed by atoms with Gasteiger partial charge in [0, 0.05) is 24.5 Å². The minimum Gasteiger partial charge on any atom is -0.493 e. The standard InChI is InChI=1S/C18H22N4O4S/c1-12(2)22-9-5-6-13-10-14(17(11-15(13)22)27(23,24)25)20-21-18-16(26-3)7-4-8-19-18/h4,7-8,10-12H,5-6,9H2,1-3H3,(H,23,24,25). The van der Waals surface area contributed by atoms with Gasteiger partial charge in [0.15, 0.2) is 5.75 Å². The molecule has 1 aromatic heterocycles. The quantitative estimate of drug-likeness (QED) is 0.613. The Hall–Kier alpha value is -2.52. The first-order chi connectivity index (χ1) is 12.8.